The van der Waals surface area contributed by atoms with E-state index in [1.165, 1.54) is 48.5 Å². The first-order valence-electron chi connectivity index (χ1n) is 9.00. The summed E-state index contributed by atoms with van der Waals surface area (Å²) in [6, 6.07) is 9.15. The lowest BCUT2D eigenvalue weighted by molar-refractivity contribution is -0.548. The lowest BCUT2D eigenvalue weighted by Crippen LogP contribution is -2.41. The van der Waals surface area contributed by atoms with E-state index in [0.29, 0.717) is 11.1 Å². The monoisotopic (exact) mass is 487 g/mol. The van der Waals surface area contributed by atoms with Crippen molar-refractivity contribution in [1.82, 2.24) is 5.43 Å². The molecule has 0 amide bonds. The van der Waals surface area contributed by atoms with Crippen molar-refractivity contribution in [3.8, 4) is 11.5 Å². The highest BCUT2D eigenvalue weighted by atomic mass is 31.2. The lowest BCUT2D eigenvalue weighted by Gasteiger charge is -2.09. The van der Waals surface area contributed by atoms with Crippen LogP contribution in [-0.2, 0) is 27.0 Å². The van der Waals surface area contributed by atoms with Crippen LogP contribution in [0.5, 0.6) is 11.5 Å². The number of nitrogens with two attached hydrogens (primary N) is 1. The van der Waals surface area contributed by atoms with Gasteiger partial charge in [0.2, 0.25) is 0 Å². The number of aromatic hydroxyl groups is 1. The molecule has 14 nitrogen and oxygen atoms in total. The number of phenols is 1. The smallest absolute Gasteiger partial charge is 0.508 e. The topological polar surface area (TPSA) is 243 Å². The molecule has 2 aromatic rings. The highest BCUT2D eigenvalue weighted by molar-refractivity contribution is 7.46. The Balaban J connectivity index is 0.000000331. The van der Waals surface area contributed by atoms with Gasteiger partial charge in [0, 0.05) is 6.42 Å². The number of carboxylic acids is 2. The van der Waals surface area contributed by atoms with E-state index in [2.05, 4.69) is 4.52 Å². The minimum Gasteiger partial charge on any atom is -0.508 e. The summed E-state index contributed by atoms with van der Waals surface area (Å²) in [5.41, 5.74) is 8.26. The number of nitrogens with one attached hydrogen (secondary N) is 1. The number of phosphoric ester groups is 1. The van der Waals surface area contributed by atoms with E-state index >= 15 is 0 Å². The number of aliphatic carboxylic acids is 2. The first-order valence-corrected chi connectivity index (χ1v) is 10.5. The number of hydrogen-bond acceptors (Lipinski definition) is 8. The maximum Gasteiger partial charge on any atom is 0.524 e. The molecule has 0 aliphatic heterocycles. The number of carboxylic acid groups (broad SMARTS) is 2. The zero-order valence-electron chi connectivity index (χ0n) is 16.8. The molecule has 0 aliphatic rings. The summed E-state index contributed by atoms with van der Waals surface area (Å²) in [4.78, 5) is 48.4. The molecule has 2 aromatic carbocycles. The fraction of sp³-hybridized carbons (Fsp3) is 0.222. The summed E-state index contributed by atoms with van der Waals surface area (Å²) in [7, 11) is -4.56. The van der Waals surface area contributed by atoms with E-state index in [1.54, 1.807) is 5.43 Å². The standard InChI is InChI=1S/C9H10N2O5.C9H12NO6P/c12-7-3-1-6(2-4-7)5-8(9(13)14)10-11(15)16;10-8(9(11)12)5-6-1-3-7(4-2-6)16-17(13,14)15/h1-4,8,10,12H,5H2,(H,13,14);1-4,8H,5,10H2,(H,11,12)(H2,13,14,15)/t2*8-/m00/s1. The summed E-state index contributed by atoms with van der Waals surface area (Å²) >= 11 is 0. The van der Waals surface area contributed by atoms with Crippen LogP contribution in [0.2, 0.25) is 0 Å². The normalized spacial score (nSPS) is 12.5. The van der Waals surface area contributed by atoms with Crippen LogP contribution >= 0.6 is 7.82 Å². The first kappa shape index (κ1) is 27.3. The van der Waals surface area contributed by atoms with Gasteiger partial charge < -0.3 is 25.6 Å². The van der Waals surface area contributed by atoms with Crippen molar-refractivity contribution in [3.05, 3.63) is 69.8 Å². The first-order chi connectivity index (χ1) is 15.3. The van der Waals surface area contributed by atoms with Gasteiger partial charge in [0.1, 0.15) is 17.5 Å². The van der Waals surface area contributed by atoms with Crippen molar-refractivity contribution in [3.63, 3.8) is 0 Å². The Morgan fingerprint density at radius 1 is 1.00 bits per heavy atom. The van der Waals surface area contributed by atoms with Gasteiger partial charge in [0.15, 0.2) is 11.1 Å². The third-order valence-electron chi connectivity index (χ3n) is 3.86. The molecule has 0 bridgehead atoms. The Kier molecular flexibility index (Phi) is 10.2. The molecule has 33 heavy (non-hydrogen) atoms. The Morgan fingerprint density at radius 2 is 1.48 bits per heavy atom. The molecule has 0 unspecified atom stereocenters. The van der Waals surface area contributed by atoms with Crippen molar-refractivity contribution in [2.24, 2.45) is 5.73 Å². The maximum absolute atomic E-state index is 10.7. The van der Waals surface area contributed by atoms with Crippen molar-refractivity contribution in [2.75, 3.05) is 0 Å². The minimum atomic E-state index is -4.56. The highest BCUT2D eigenvalue weighted by Crippen LogP contribution is 2.37. The molecule has 15 heteroatoms. The largest absolute Gasteiger partial charge is 0.524 e. The van der Waals surface area contributed by atoms with Gasteiger partial charge in [0.25, 0.3) is 0 Å². The molecule has 0 aromatic heterocycles. The number of nitro groups is 1. The van der Waals surface area contributed by atoms with Crippen molar-refractivity contribution >= 4 is 19.8 Å². The minimum absolute atomic E-state index is 0.00554. The van der Waals surface area contributed by atoms with Crippen molar-refractivity contribution < 1.29 is 48.8 Å². The number of hydrazine groups is 1. The number of benzene rings is 2. The Bertz CT molecular complexity index is 993. The van der Waals surface area contributed by atoms with Gasteiger partial charge in [-0.1, -0.05) is 24.3 Å². The second kappa shape index (κ2) is 12.4. The molecule has 0 saturated carbocycles. The van der Waals surface area contributed by atoms with Crippen LogP contribution in [0.3, 0.4) is 0 Å². The highest BCUT2D eigenvalue weighted by Gasteiger charge is 2.22. The van der Waals surface area contributed by atoms with Gasteiger partial charge in [-0.25, -0.2) is 19.5 Å². The fourth-order valence-corrected chi connectivity index (χ4v) is 2.74. The average molecular weight is 487 g/mol. The zero-order valence-corrected chi connectivity index (χ0v) is 17.7. The van der Waals surface area contributed by atoms with E-state index in [1.807, 2.05) is 0 Å². The molecule has 2 atom stereocenters. The molecule has 2 rings (SSSR count). The molecule has 0 heterocycles. The van der Waals surface area contributed by atoms with Crippen LogP contribution in [0.4, 0.5) is 0 Å². The molecule has 8 N–H and O–H groups in total. The van der Waals surface area contributed by atoms with E-state index in [-0.39, 0.29) is 24.3 Å². The quantitative estimate of drug-likeness (QED) is 0.135. The number of phosphoric acid groups is 1. The van der Waals surface area contributed by atoms with Crippen LogP contribution in [0.25, 0.3) is 0 Å². The molecule has 180 valence electrons. The summed E-state index contributed by atoms with van der Waals surface area (Å²) in [5, 5.41) is 35.6. The van der Waals surface area contributed by atoms with Gasteiger partial charge >= 0.3 is 19.8 Å². The third kappa shape index (κ3) is 11.5. The third-order valence-corrected chi connectivity index (χ3v) is 4.30. The number of phenolic OH excluding ortho intramolecular Hbond substituents is 1. The van der Waals surface area contributed by atoms with Crippen LogP contribution in [0.1, 0.15) is 11.1 Å². The molecular weight excluding hydrogens is 465 g/mol. The number of hydrogen-bond donors (Lipinski definition) is 7. The van der Waals surface area contributed by atoms with E-state index in [4.69, 9.17) is 30.8 Å². The lowest BCUT2D eigenvalue weighted by atomic mass is 10.1. The van der Waals surface area contributed by atoms with Gasteiger partial charge in [-0.3, -0.25) is 14.6 Å². The van der Waals surface area contributed by atoms with Gasteiger partial charge in [0.05, 0.1) is 0 Å². The summed E-state index contributed by atoms with van der Waals surface area (Å²) in [5.74, 6) is -2.35. The Labute approximate surface area is 186 Å². The van der Waals surface area contributed by atoms with Crippen molar-refractivity contribution in [1.29, 1.82) is 0 Å². The summed E-state index contributed by atoms with van der Waals surface area (Å²) < 4.78 is 14.9. The number of carbonyl (C=O) groups is 2. The van der Waals surface area contributed by atoms with Crippen LogP contribution in [0.15, 0.2) is 48.5 Å². The van der Waals surface area contributed by atoms with Crippen LogP contribution in [0, 0.1) is 10.1 Å². The molecule has 0 aliphatic carbocycles. The molecular formula is C18H22N3O11P. The fourth-order valence-electron chi connectivity index (χ4n) is 2.35. The molecule has 0 spiro atoms. The number of nitrogens with zero attached hydrogens (tertiary/aromatic N) is 1. The summed E-state index contributed by atoms with van der Waals surface area (Å²) in [6.45, 7) is 0. The van der Waals surface area contributed by atoms with Gasteiger partial charge in [-0.2, -0.15) is 0 Å². The van der Waals surface area contributed by atoms with Crippen LogP contribution in [-0.4, -0.2) is 54.2 Å². The predicted molar refractivity (Wildman–Crippen MR) is 112 cm³/mol. The molecule has 0 saturated heterocycles. The number of rotatable bonds is 10. The SMILES string of the molecule is N[C@@H](Cc1ccc(OP(=O)(O)O)cc1)C(=O)O.O=C(O)[C@H](Cc1ccc(O)cc1)N[N+](=O)[O-]. The van der Waals surface area contributed by atoms with E-state index in [9.17, 15) is 24.3 Å². The Hall–Kier alpha value is -3.71. The van der Waals surface area contributed by atoms with E-state index < -0.39 is 36.9 Å². The van der Waals surface area contributed by atoms with Crippen LogP contribution < -0.4 is 15.7 Å². The Morgan fingerprint density at radius 3 is 1.91 bits per heavy atom. The summed E-state index contributed by atoms with van der Waals surface area (Å²) in [6.07, 6.45) is 0.0993. The predicted octanol–water partition coefficient (Wildman–Crippen LogP) is 0.282. The molecule has 0 radical (unpaired) electrons. The average Bonchev–Trinajstić information content (AvgIpc) is 2.69. The van der Waals surface area contributed by atoms with E-state index in [0.717, 1.165) is 0 Å². The zero-order chi connectivity index (χ0) is 25.2. The van der Waals surface area contributed by atoms with Gasteiger partial charge in [-0.05, 0) is 41.8 Å². The second-order valence-corrected chi connectivity index (χ2v) is 7.69. The molecule has 0 fully saturated rings. The second-order valence-electron chi connectivity index (χ2n) is 6.52. The van der Waals surface area contributed by atoms with Gasteiger partial charge in [-0.15, -0.1) is 5.43 Å². The van der Waals surface area contributed by atoms with Crippen molar-refractivity contribution in [2.45, 2.75) is 24.9 Å². The maximum atomic E-state index is 10.7.